The van der Waals surface area contributed by atoms with Gasteiger partial charge in [-0.25, -0.2) is 0 Å². The Morgan fingerprint density at radius 3 is 2.83 bits per heavy atom. The van der Waals surface area contributed by atoms with E-state index < -0.39 is 0 Å². The summed E-state index contributed by atoms with van der Waals surface area (Å²) < 4.78 is 0. The van der Waals surface area contributed by atoms with Crippen LogP contribution in [0, 0.1) is 12.8 Å². The van der Waals surface area contributed by atoms with Gasteiger partial charge in [-0.3, -0.25) is 4.99 Å². The number of thioether (sulfide) groups is 1. The van der Waals surface area contributed by atoms with Crippen LogP contribution < -0.4 is 10.6 Å². The van der Waals surface area contributed by atoms with E-state index in [1.165, 1.54) is 42.0 Å². The molecule has 0 saturated carbocycles. The van der Waals surface area contributed by atoms with E-state index in [0.717, 1.165) is 19.0 Å². The van der Waals surface area contributed by atoms with Crippen LogP contribution in [-0.4, -0.2) is 50.8 Å². The minimum Gasteiger partial charge on any atom is -0.356 e. The first-order chi connectivity index (χ1) is 11.1. The van der Waals surface area contributed by atoms with Crippen molar-refractivity contribution in [2.45, 2.75) is 31.2 Å². The number of nitrogens with one attached hydrogen (secondary N) is 2. The number of aliphatic imine (C=N–C) groups is 1. The summed E-state index contributed by atoms with van der Waals surface area (Å²) in [5.74, 6) is 1.61. The summed E-state index contributed by atoms with van der Waals surface area (Å²) in [7, 11) is 4.05. The standard InChI is InChI=1S/C18H30N4S.HI/c1-14-7-8-16(17(10-14)23-4)12-21-18(19-2)20-11-15-6-5-9-22(3)13-15;/h7-8,10,15H,5-6,9,11-13H2,1-4H3,(H2,19,20,21);1H. The van der Waals surface area contributed by atoms with Crippen LogP contribution >= 0.6 is 35.7 Å². The summed E-state index contributed by atoms with van der Waals surface area (Å²) in [5, 5.41) is 6.93. The van der Waals surface area contributed by atoms with Crippen LogP contribution in [0.25, 0.3) is 0 Å². The average molecular weight is 462 g/mol. The van der Waals surface area contributed by atoms with E-state index >= 15 is 0 Å². The summed E-state index contributed by atoms with van der Waals surface area (Å²) in [4.78, 5) is 8.11. The molecule has 1 aromatic rings. The highest BCUT2D eigenvalue weighted by Crippen LogP contribution is 2.21. The van der Waals surface area contributed by atoms with Gasteiger partial charge in [0.1, 0.15) is 0 Å². The van der Waals surface area contributed by atoms with E-state index in [1.807, 2.05) is 7.05 Å². The summed E-state index contributed by atoms with van der Waals surface area (Å²) in [6.45, 7) is 6.35. The number of nitrogens with zero attached hydrogens (tertiary/aromatic N) is 2. The van der Waals surface area contributed by atoms with Gasteiger partial charge >= 0.3 is 0 Å². The number of benzene rings is 1. The summed E-state index contributed by atoms with van der Waals surface area (Å²) >= 11 is 1.80. The van der Waals surface area contributed by atoms with Crippen molar-refractivity contribution in [3.8, 4) is 0 Å². The number of piperidine rings is 1. The van der Waals surface area contributed by atoms with Crippen molar-refractivity contribution < 1.29 is 0 Å². The van der Waals surface area contributed by atoms with Gasteiger partial charge < -0.3 is 15.5 Å². The highest BCUT2D eigenvalue weighted by Gasteiger charge is 2.17. The molecule has 0 spiro atoms. The molecule has 4 nitrogen and oxygen atoms in total. The van der Waals surface area contributed by atoms with Crippen molar-refractivity contribution in [1.29, 1.82) is 0 Å². The van der Waals surface area contributed by atoms with Crippen molar-refractivity contribution in [1.82, 2.24) is 15.5 Å². The van der Waals surface area contributed by atoms with E-state index in [0.29, 0.717) is 5.92 Å². The lowest BCUT2D eigenvalue weighted by Gasteiger charge is -2.30. The molecule has 0 radical (unpaired) electrons. The summed E-state index contributed by atoms with van der Waals surface area (Å²) in [6.07, 6.45) is 4.74. The lowest BCUT2D eigenvalue weighted by atomic mass is 9.99. The molecule has 0 aliphatic carbocycles. The molecule has 6 heteroatoms. The van der Waals surface area contributed by atoms with Crippen molar-refractivity contribution in [3.63, 3.8) is 0 Å². The molecular formula is C18H31IN4S. The Kier molecular flexibility index (Phi) is 10.1. The second-order valence-electron chi connectivity index (χ2n) is 6.39. The Hall–Kier alpha value is -0.470. The van der Waals surface area contributed by atoms with Crippen LogP contribution in [0.4, 0.5) is 0 Å². The lowest BCUT2D eigenvalue weighted by molar-refractivity contribution is 0.210. The molecule has 1 atom stereocenters. The smallest absolute Gasteiger partial charge is 0.191 e. The first-order valence-corrected chi connectivity index (χ1v) is 9.61. The minimum absolute atomic E-state index is 0. The zero-order chi connectivity index (χ0) is 16.7. The van der Waals surface area contributed by atoms with Gasteiger partial charge in [0, 0.05) is 31.6 Å². The van der Waals surface area contributed by atoms with Crippen LogP contribution in [0.3, 0.4) is 0 Å². The molecule has 24 heavy (non-hydrogen) atoms. The van der Waals surface area contributed by atoms with Crippen molar-refractivity contribution in [2.75, 3.05) is 40.0 Å². The molecule has 2 rings (SSSR count). The lowest BCUT2D eigenvalue weighted by Crippen LogP contribution is -2.43. The fraction of sp³-hybridized carbons (Fsp3) is 0.611. The van der Waals surface area contributed by atoms with Crippen LogP contribution in [-0.2, 0) is 6.54 Å². The van der Waals surface area contributed by atoms with Gasteiger partial charge in [0.2, 0.25) is 0 Å². The molecule has 0 bridgehead atoms. The third-order valence-electron chi connectivity index (χ3n) is 4.39. The molecule has 136 valence electrons. The zero-order valence-electron chi connectivity index (χ0n) is 15.3. The monoisotopic (exact) mass is 462 g/mol. The minimum atomic E-state index is 0. The van der Waals surface area contributed by atoms with Crippen LogP contribution in [0.15, 0.2) is 28.1 Å². The highest BCUT2D eigenvalue weighted by atomic mass is 127. The molecule has 1 heterocycles. The van der Waals surface area contributed by atoms with Gasteiger partial charge in [-0.05, 0) is 62.7 Å². The summed E-state index contributed by atoms with van der Waals surface area (Å²) in [6, 6.07) is 6.62. The Labute approximate surface area is 168 Å². The van der Waals surface area contributed by atoms with Crippen molar-refractivity contribution in [2.24, 2.45) is 10.9 Å². The maximum Gasteiger partial charge on any atom is 0.191 e. The van der Waals surface area contributed by atoms with Crippen LogP contribution in [0.2, 0.25) is 0 Å². The molecule has 1 saturated heterocycles. The average Bonchev–Trinajstić information content (AvgIpc) is 2.56. The molecule has 1 unspecified atom stereocenters. The van der Waals surface area contributed by atoms with E-state index in [-0.39, 0.29) is 24.0 Å². The molecule has 2 N–H and O–H groups in total. The number of hydrogen-bond donors (Lipinski definition) is 2. The molecule has 1 aromatic carbocycles. The Bertz CT molecular complexity index is 536. The normalized spacial score (nSPS) is 18.8. The quantitative estimate of drug-likeness (QED) is 0.305. The van der Waals surface area contributed by atoms with E-state index in [9.17, 15) is 0 Å². The van der Waals surface area contributed by atoms with Crippen LogP contribution in [0.1, 0.15) is 24.0 Å². The van der Waals surface area contributed by atoms with Gasteiger partial charge in [0.15, 0.2) is 5.96 Å². The Morgan fingerprint density at radius 2 is 2.17 bits per heavy atom. The second-order valence-corrected chi connectivity index (χ2v) is 7.24. The topological polar surface area (TPSA) is 39.7 Å². The Balaban J connectivity index is 0.00000288. The largest absolute Gasteiger partial charge is 0.356 e. The second kappa shape index (κ2) is 11.2. The van der Waals surface area contributed by atoms with Crippen molar-refractivity contribution in [3.05, 3.63) is 29.3 Å². The van der Waals surface area contributed by atoms with Gasteiger partial charge in [0.05, 0.1) is 0 Å². The first kappa shape index (κ1) is 21.6. The van der Waals surface area contributed by atoms with Gasteiger partial charge in [-0.1, -0.05) is 12.1 Å². The number of aryl methyl sites for hydroxylation is 1. The highest BCUT2D eigenvalue weighted by molar-refractivity contribution is 14.0. The maximum absolute atomic E-state index is 4.35. The molecular weight excluding hydrogens is 431 g/mol. The molecule has 0 aromatic heterocycles. The molecule has 1 fully saturated rings. The van der Waals surface area contributed by atoms with Gasteiger partial charge in [-0.15, -0.1) is 35.7 Å². The predicted molar refractivity (Wildman–Crippen MR) is 117 cm³/mol. The number of hydrogen-bond acceptors (Lipinski definition) is 3. The maximum atomic E-state index is 4.35. The van der Waals surface area contributed by atoms with Crippen molar-refractivity contribution >= 4 is 41.7 Å². The number of likely N-dealkylation sites (tertiary alicyclic amines) is 1. The van der Waals surface area contributed by atoms with Gasteiger partial charge in [-0.2, -0.15) is 0 Å². The number of guanidine groups is 1. The Morgan fingerprint density at radius 1 is 1.38 bits per heavy atom. The first-order valence-electron chi connectivity index (χ1n) is 8.39. The van der Waals surface area contributed by atoms with E-state index in [2.05, 4.69) is 59.0 Å². The zero-order valence-corrected chi connectivity index (χ0v) is 18.4. The number of rotatable bonds is 5. The van der Waals surface area contributed by atoms with Crippen LogP contribution in [0.5, 0.6) is 0 Å². The molecule has 0 amide bonds. The van der Waals surface area contributed by atoms with E-state index in [1.54, 1.807) is 11.8 Å². The number of halogens is 1. The van der Waals surface area contributed by atoms with E-state index in [4.69, 9.17) is 0 Å². The third kappa shape index (κ3) is 6.80. The molecule has 1 aliphatic heterocycles. The third-order valence-corrected chi connectivity index (χ3v) is 5.21. The SMILES string of the molecule is CN=C(NCc1ccc(C)cc1SC)NCC1CCCN(C)C1.I. The molecule has 1 aliphatic rings. The summed E-state index contributed by atoms with van der Waals surface area (Å²) in [5.41, 5.74) is 2.63. The fourth-order valence-electron chi connectivity index (χ4n) is 3.08. The predicted octanol–water partition coefficient (Wildman–Crippen LogP) is 3.34. The van der Waals surface area contributed by atoms with Gasteiger partial charge in [0.25, 0.3) is 0 Å². The fourth-order valence-corrected chi connectivity index (χ4v) is 3.78.